The van der Waals surface area contributed by atoms with E-state index in [0.29, 0.717) is 42.4 Å². The number of nitrogens with zero attached hydrogens (tertiary/aromatic N) is 5. The number of ether oxygens (including phenoxy) is 4. The van der Waals surface area contributed by atoms with Crippen LogP contribution < -0.4 is 19.1 Å². The van der Waals surface area contributed by atoms with Gasteiger partial charge in [0.2, 0.25) is 0 Å². The first kappa shape index (κ1) is 23.8. The SMILES string of the molecule is COCCOc1nc(N(Cc2ccc(OC)cc2)Cc2ccc(OC)cc2)c2nc(Br)cn2n1. The van der Waals surface area contributed by atoms with Crippen LogP contribution in [0, 0.1) is 0 Å². The lowest BCUT2D eigenvalue weighted by molar-refractivity contribution is 0.140. The van der Waals surface area contributed by atoms with E-state index in [1.807, 2.05) is 48.5 Å². The predicted octanol–water partition coefficient (Wildman–Crippen LogP) is 4.14. The molecule has 0 spiro atoms. The van der Waals surface area contributed by atoms with Crippen molar-refractivity contribution in [3.8, 4) is 17.5 Å². The third-order valence-electron chi connectivity index (χ3n) is 5.14. The zero-order chi connectivity index (χ0) is 23.9. The molecule has 34 heavy (non-hydrogen) atoms. The van der Waals surface area contributed by atoms with Gasteiger partial charge in [0.25, 0.3) is 0 Å². The summed E-state index contributed by atoms with van der Waals surface area (Å²) in [6.45, 7) is 1.95. The maximum Gasteiger partial charge on any atom is 0.336 e. The second-order valence-electron chi connectivity index (χ2n) is 7.44. The molecule has 4 rings (SSSR count). The minimum atomic E-state index is 0.249. The molecule has 0 aliphatic rings. The van der Waals surface area contributed by atoms with E-state index < -0.39 is 0 Å². The molecule has 0 N–H and O–H groups in total. The van der Waals surface area contributed by atoms with Crippen LogP contribution in [0.1, 0.15) is 11.1 Å². The number of fused-ring (bicyclic) bond motifs is 1. The summed E-state index contributed by atoms with van der Waals surface area (Å²) in [4.78, 5) is 11.5. The molecule has 2 aromatic heterocycles. The molecule has 10 heteroatoms. The van der Waals surface area contributed by atoms with E-state index in [0.717, 1.165) is 22.6 Å². The molecule has 0 aliphatic heterocycles. The molecule has 0 saturated heterocycles. The number of hydrogen-bond donors (Lipinski definition) is 0. The van der Waals surface area contributed by atoms with Gasteiger partial charge in [-0.3, -0.25) is 0 Å². The van der Waals surface area contributed by atoms with E-state index in [4.69, 9.17) is 23.9 Å². The Bertz CT molecular complexity index is 1170. The summed E-state index contributed by atoms with van der Waals surface area (Å²) in [6.07, 6.45) is 1.78. The Hall–Kier alpha value is -3.37. The number of anilines is 1. The highest BCUT2D eigenvalue weighted by Crippen LogP contribution is 2.27. The molecule has 2 heterocycles. The van der Waals surface area contributed by atoms with Gasteiger partial charge in [0.05, 0.1) is 27.0 Å². The van der Waals surface area contributed by atoms with Crippen LogP contribution in [0.5, 0.6) is 17.5 Å². The first-order chi connectivity index (χ1) is 16.6. The van der Waals surface area contributed by atoms with E-state index in [1.54, 1.807) is 32.0 Å². The van der Waals surface area contributed by atoms with Crippen molar-refractivity contribution in [2.75, 3.05) is 39.4 Å². The fourth-order valence-corrected chi connectivity index (χ4v) is 3.79. The highest BCUT2D eigenvalue weighted by molar-refractivity contribution is 9.10. The Morgan fingerprint density at radius 3 is 1.94 bits per heavy atom. The number of rotatable bonds is 11. The lowest BCUT2D eigenvalue weighted by Crippen LogP contribution is -2.25. The van der Waals surface area contributed by atoms with Crippen LogP contribution in [0.3, 0.4) is 0 Å². The molecule has 2 aromatic carbocycles. The van der Waals surface area contributed by atoms with Crippen LogP contribution in [-0.4, -0.2) is 54.1 Å². The van der Waals surface area contributed by atoms with Crippen molar-refractivity contribution in [1.82, 2.24) is 19.6 Å². The van der Waals surface area contributed by atoms with E-state index in [-0.39, 0.29) is 6.01 Å². The van der Waals surface area contributed by atoms with Crippen LogP contribution in [0.4, 0.5) is 5.82 Å². The fraction of sp³-hybridized carbons (Fsp3) is 0.292. The Morgan fingerprint density at radius 2 is 1.41 bits per heavy atom. The van der Waals surface area contributed by atoms with Gasteiger partial charge >= 0.3 is 6.01 Å². The maximum absolute atomic E-state index is 5.74. The molecular weight excluding hydrogens is 502 g/mol. The molecule has 0 atom stereocenters. The summed E-state index contributed by atoms with van der Waals surface area (Å²) < 4.78 is 23.8. The van der Waals surface area contributed by atoms with Gasteiger partial charge < -0.3 is 23.8 Å². The van der Waals surface area contributed by atoms with Gasteiger partial charge in [0.1, 0.15) is 22.7 Å². The van der Waals surface area contributed by atoms with Crippen molar-refractivity contribution in [2.45, 2.75) is 13.1 Å². The van der Waals surface area contributed by atoms with Crippen molar-refractivity contribution in [2.24, 2.45) is 0 Å². The highest BCUT2D eigenvalue weighted by Gasteiger charge is 2.19. The van der Waals surface area contributed by atoms with Gasteiger partial charge in [0, 0.05) is 20.2 Å². The van der Waals surface area contributed by atoms with Crippen LogP contribution in [0.25, 0.3) is 5.65 Å². The lowest BCUT2D eigenvalue weighted by atomic mass is 10.1. The molecular formula is C24H26BrN5O4. The van der Waals surface area contributed by atoms with Gasteiger partial charge in [0.15, 0.2) is 11.5 Å². The highest BCUT2D eigenvalue weighted by atomic mass is 79.9. The topological polar surface area (TPSA) is 83.2 Å². The second kappa shape index (κ2) is 11.2. The summed E-state index contributed by atoms with van der Waals surface area (Å²) in [6, 6.07) is 16.2. The summed E-state index contributed by atoms with van der Waals surface area (Å²) in [5.41, 5.74) is 2.81. The van der Waals surface area contributed by atoms with E-state index in [2.05, 4.69) is 30.9 Å². The smallest absolute Gasteiger partial charge is 0.336 e. The molecule has 0 saturated carbocycles. The normalized spacial score (nSPS) is 10.9. The molecule has 178 valence electrons. The zero-order valence-corrected chi connectivity index (χ0v) is 20.9. The van der Waals surface area contributed by atoms with Gasteiger partial charge in [-0.15, -0.1) is 5.10 Å². The maximum atomic E-state index is 5.74. The number of imidazole rings is 1. The number of aromatic nitrogens is 4. The minimum absolute atomic E-state index is 0.249. The fourth-order valence-electron chi connectivity index (χ4n) is 3.43. The molecule has 0 radical (unpaired) electrons. The second-order valence-corrected chi connectivity index (χ2v) is 8.26. The minimum Gasteiger partial charge on any atom is -0.497 e. The molecule has 0 unspecified atom stereocenters. The third-order valence-corrected chi connectivity index (χ3v) is 5.52. The monoisotopic (exact) mass is 527 g/mol. The molecule has 4 aromatic rings. The number of hydrogen-bond acceptors (Lipinski definition) is 8. The van der Waals surface area contributed by atoms with E-state index >= 15 is 0 Å². The predicted molar refractivity (Wildman–Crippen MR) is 132 cm³/mol. The third kappa shape index (κ3) is 5.75. The van der Waals surface area contributed by atoms with E-state index in [9.17, 15) is 0 Å². The van der Waals surface area contributed by atoms with E-state index in [1.165, 1.54) is 0 Å². The van der Waals surface area contributed by atoms with Gasteiger partial charge in [-0.25, -0.2) is 9.50 Å². The average Bonchev–Trinajstić information content (AvgIpc) is 3.24. The molecule has 0 aliphatic carbocycles. The van der Waals surface area contributed by atoms with Gasteiger partial charge in [-0.2, -0.15) is 4.98 Å². The average molecular weight is 528 g/mol. The van der Waals surface area contributed by atoms with Crippen molar-refractivity contribution in [1.29, 1.82) is 0 Å². The van der Waals surface area contributed by atoms with Crippen LogP contribution >= 0.6 is 15.9 Å². The largest absolute Gasteiger partial charge is 0.497 e. The standard InChI is InChI=1S/C24H26BrN5O4/c1-31-12-13-34-24-27-22(23-26-21(25)16-30(23)28-24)29(14-17-4-8-19(32-2)9-5-17)15-18-6-10-20(33-3)11-7-18/h4-11,16H,12-15H2,1-3H3. The molecule has 0 amide bonds. The Morgan fingerprint density at radius 1 is 0.824 bits per heavy atom. The first-order valence-corrected chi connectivity index (χ1v) is 11.4. The van der Waals surface area contributed by atoms with Crippen molar-refractivity contribution < 1.29 is 18.9 Å². The Labute approximate surface area is 206 Å². The Kier molecular flexibility index (Phi) is 7.81. The van der Waals surface area contributed by atoms with Gasteiger partial charge in [-0.1, -0.05) is 24.3 Å². The van der Waals surface area contributed by atoms with Gasteiger partial charge in [-0.05, 0) is 51.3 Å². The summed E-state index contributed by atoms with van der Waals surface area (Å²) >= 11 is 3.45. The number of benzene rings is 2. The molecule has 0 bridgehead atoms. The first-order valence-electron chi connectivity index (χ1n) is 10.6. The summed E-state index contributed by atoms with van der Waals surface area (Å²) in [7, 11) is 4.94. The van der Waals surface area contributed by atoms with Crippen molar-refractivity contribution in [3.05, 3.63) is 70.5 Å². The molecule has 9 nitrogen and oxygen atoms in total. The van der Waals surface area contributed by atoms with Crippen molar-refractivity contribution >= 4 is 27.4 Å². The van der Waals surface area contributed by atoms with Crippen LogP contribution in [-0.2, 0) is 17.8 Å². The zero-order valence-electron chi connectivity index (χ0n) is 19.3. The Balaban J connectivity index is 1.73. The quantitative estimate of drug-likeness (QED) is 0.269. The lowest BCUT2D eigenvalue weighted by Gasteiger charge is -2.25. The summed E-state index contributed by atoms with van der Waals surface area (Å²) in [5, 5.41) is 4.45. The summed E-state index contributed by atoms with van der Waals surface area (Å²) in [5.74, 6) is 2.27. The molecule has 0 fully saturated rings. The number of halogens is 1. The number of methoxy groups -OCH3 is 3. The van der Waals surface area contributed by atoms with Crippen LogP contribution in [0.15, 0.2) is 59.3 Å². The van der Waals surface area contributed by atoms with Crippen molar-refractivity contribution in [3.63, 3.8) is 0 Å². The van der Waals surface area contributed by atoms with Crippen LogP contribution in [0.2, 0.25) is 0 Å².